The van der Waals surface area contributed by atoms with Gasteiger partial charge < -0.3 is 14.8 Å². The number of ether oxygens (including phenoxy) is 2. The van der Waals surface area contributed by atoms with Crippen molar-refractivity contribution in [2.45, 2.75) is 20.3 Å². The van der Waals surface area contributed by atoms with E-state index in [2.05, 4.69) is 23.9 Å². The van der Waals surface area contributed by atoms with Gasteiger partial charge in [-0.15, -0.1) is 0 Å². The van der Waals surface area contributed by atoms with Crippen LogP contribution in [-0.4, -0.2) is 28.0 Å². The zero-order valence-electron chi connectivity index (χ0n) is 16.1. The fourth-order valence-corrected chi connectivity index (χ4v) is 2.82. The highest BCUT2D eigenvalue weighted by Gasteiger charge is 2.12. The Kier molecular flexibility index (Phi) is 7.24. The third-order valence-electron chi connectivity index (χ3n) is 3.76. The maximum atomic E-state index is 12.5. The molecule has 2 aromatic carbocycles. The molecule has 0 aliphatic carbocycles. The van der Waals surface area contributed by atoms with Gasteiger partial charge in [0.25, 0.3) is 16.1 Å². The highest BCUT2D eigenvalue weighted by Crippen LogP contribution is 2.29. The predicted molar refractivity (Wildman–Crippen MR) is 109 cm³/mol. The van der Waals surface area contributed by atoms with Crippen molar-refractivity contribution in [3.8, 4) is 11.5 Å². The van der Waals surface area contributed by atoms with Crippen molar-refractivity contribution in [1.82, 2.24) is 0 Å². The van der Waals surface area contributed by atoms with Gasteiger partial charge in [-0.25, -0.2) is 5.14 Å². The lowest BCUT2D eigenvalue weighted by Gasteiger charge is -2.13. The average molecular weight is 407 g/mol. The Morgan fingerprint density at radius 3 is 2.46 bits per heavy atom. The molecule has 0 atom stereocenters. The molecule has 0 saturated heterocycles. The van der Waals surface area contributed by atoms with Crippen LogP contribution in [0.2, 0.25) is 0 Å². The first-order valence-corrected chi connectivity index (χ1v) is 10.3. The number of hydrogen-bond donors (Lipinski definition) is 3. The zero-order chi connectivity index (χ0) is 20.7. The second-order valence-corrected chi connectivity index (χ2v) is 7.87. The number of amides is 1. The third-order valence-corrected chi connectivity index (χ3v) is 4.28. The molecule has 2 rings (SSSR count). The van der Waals surface area contributed by atoms with E-state index in [1.807, 2.05) is 0 Å². The summed E-state index contributed by atoms with van der Waals surface area (Å²) in [4.78, 5) is 12.5. The molecule has 0 fully saturated rings. The summed E-state index contributed by atoms with van der Waals surface area (Å²) in [5.74, 6) is 1.18. The summed E-state index contributed by atoms with van der Waals surface area (Å²) in [6, 6.07) is 11.1. The molecule has 0 bridgehead atoms. The monoisotopic (exact) mass is 407 g/mol. The highest BCUT2D eigenvalue weighted by atomic mass is 32.2. The lowest BCUT2D eigenvalue weighted by molar-refractivity contribution is 0.102. The van der Waals surface area contributed by atoms with Gasteiger partial charge in [-0.1, -0.05) is 19.9 Å². The van der Waals surface area contributed by atoms with E-state index < -0.39 is 10.2 Å². The van der Waals surface area contributed by atoms with E-state index in [0.29, 0.717) is 35.3 Å². The molecular weight excluding hydrogens is 382 g/mol. The van der Waals surface area contributed by atoms with Crippen LogP contribution in [0.15, 0.2) is 42.5 Å². The van der Waals surface area contributed by atoms with Gasteiger partial charge in [0.15, 0.2) is 11.5 Å². The summed E-state index contributed by atoms with van der Waals surface area (Å²) in [5.41, 5.74) is 1.03. The Bertz CT molecular complexity index is 929. The van der Waals surface area contributed by atoms with Gasteiger partial charge in [-0.2, -0.15) is 8.42 Å². The van der Waals surface area contributed by atoms with Crippen LogP contribution in [-0.2, 0) is 10.2 Å². The van der Waals surface area contributed by atoms with Crippen LogP contribution >= 0.6 is 0 Å². The molecule has 0 aromatic heterocycles. The Morgan fingerprint density at radius 2 is 1.82 bits per heavy atom. The van der Waals surface area contributed by atoms with Gasteiger partial charge in [-0.05, 0) is 48.7 Å². The van der Waals surface area contributed by atoms with Crippen LogP contribution in [0.3, 0.4) is 0 Å². The number of nitrogens with one attached hydrogen (secondary N) is 2. The highest BCUT2D eigenvalue weighted by molar-refractivity contribution is 7.90. The molecule has 28 heavy (non-hydrogen) atoms. The molecule has 9 heteroatoms. The minimum atomic E-state index is -3.89. The fourth-order valence-electron chi connectivity index (χ4n) is 2.36. The maximum absolute atomic E-state index is 12.5. The Hall–Kier alpha value is -2.78. The van der Waals surface area contributed by atoms with Gasteiger partial charge in [0, 0.05) is 11.3 Å². The van der Waals surface area contributed by atoms with E-state index in [1.54, 1.807) is 30.3 Å². The number of carbonyl (C=O) groups excluding carboxylic acids is 1. The van der Waals surface area contributed by atoms with Crippen LogP contribution in [0, 0.1) is 5.92 Å². The lowest BCUT2D eigenvalue weighted by Crippen LogP contribution is -2.21. The van der Waals surface area contributed by atoms with Crippen molar-refractivity contribution in [3.63, 3.8) is 0 Å². The van der Waals surface area contributed by atoms with Crippen molar-refractivity contribution < 1.29 is 22.7 Å². The van der Waals surface area contributed by atoms with Gasteiger partial charge >= 0.3 is 0 Å². The Morgan fingerprint density at radius 1 is 1.11 bits per heavy atom. The average Bonchev–Trinajstić information content (AvgIpc) is 2.60. The summed E-state index contributed by atoms with van der Waals surface area (Å²) in [7, 11) is -2.39. The molecular formula is C19H25N3O5S. The summed E-state index contributed by atoms with van der Waals surface area (Å²) in [6.45, 7) is 4.78. The third kappa shape index (κ3) is 6.75. The number of anilines is 2. The first kappa shape index (κ1) is 21.5. The number of rotatable bonds is 9. The molecule has 4 N–H and O–H groups in total. The van der Waals surface area contributed by atoms with E-state index in [-0.39, 0.29) is 11.6 Å². The van der Waals surface area contributed by atoms with E-state index in [1.165, 1.54) is 19.2 Å². The van der Waals surface area contributed by atoms with Gasteiger partial charge in [-0.3, -0.25) is 9.52 Å². The van der Waals surface area contributed by atoms with Crippen molar-refractivity contribution in [3.05, 3.63) is 48.0 Å². The Labute approximate surface area is 165 Å². The van der Waals surface area contributed by atoms with E-state index in [4.69, 9.17) is 14.6 Å². The first-order chi connectivity index (χ1) is 13.2. The quantitative estimate of drug-likeness (QED) is 0.590. The molecule has 0 radical (unpaired) electrons. The molecule has 2 aromatic rings. The first-order valence-electron chi connectivity index (χ1n) is 8.70. The smallest absolute Gasteiger partial charge is 0.296 e. The normalized spacial score (nSPS) is 11.2. The molecule has 0 aliphatic rings. The number of hydrogen-bond acceptors (Lipinski definition) is 5. The van der Waals surface area contributed by atoms with Crippen molar-refractivity contribution in [2.24, 2.45) is 11.1 Å². The Balaban J connectivity index is 2.11. The predicted octanol–water partition coefficient (Wildman–Crippen LogP) is 2.99. The van der Waals surface area contributed by atoms with Crippen molar-refractivity contribution >= 4 is 27.5 Å². The molecule has 0 unspecified atom stereocenters. The maximum Gasteiger partial charge on any atom is 0.296 e. The lowest BCUT2D eigenvalue weighted by atomic mass is 10.1. The topological polar surface area (TPSA) is 120 Å². The summed E-state index contributed by atoms with van der Waals surface area (Å²) >= 11 is 0. The van der Waals surface area contributed by atoms with Crippen LogP contribution in [0.4, 0.5) is 11.4 Å². The molecule has 8 nitrogen and oxygen atoms in total. The zero-order valence-corrected chi connectivity index (χ0v) is 16.9. The minimum Gasteiger partial charge on any atom is -0.493 e. The second kappa shape index (κ2) is 9.43. The largest absolute Gasteiger partial charge is 0.493 e. The van der Waals surface area contributed by atoms with Gasteiger partial charge in [0.1, 0.15) is 0 Å². The minimum absolute atomic E-state index is 0.242. The van der Waals surface area contributed by atoms with Crippen LogP contribution in [0.1, 0.15) is 30.6 Å². The number of nitrogens with two attached hydrogens (primary N) is 1. The van der Waals surface area contributed by atoms with E-state index >= 15 is 0 Å². The van der Waals surface area contributed by atoms with E-state index in [0.717, 1.165) is 6.42 Å². The number of carbonyl (C=O) groups is 1. The van der Waals surface area contributed by atoms with Crippen LogP contribution in [0.5, 0.6) is 11.5 Å². The van der Waals surface area contributed by atoms with Gasteiger partial charge in [0.2, 0.25) is 0 Å². The molecule has 0 heterocycles. The number of methoxy groups -OCH3 is 1. The van der Waals surface area contributed by atoms with Gasteiger partial charge in [0.05, 0.1) is 19.4 Å². The summed E-state index contributed by atoms with van der Waals surface area (Å²) < 4.78 is 35.4. The molecule has 0 aliphatic heterocycles. The molecule has 0 spiro atoms. The molecule has 1 amide bonds. The molecule has 152 valence electrons. The number of benzene rings is 2. The van der Waals surface area contributed by atoms with Crippen LogP contribution < -0.4 is 24.7 Å². The van der Waals surface area contributed by atoms with Crippen LogP contribution in [0.25, 0.3) is 0 Å². The SMILES string of the molecule is COc1cc(C(=O)Nc2cccc(NS(N)(=O)=O)c2)ccc1OCCC(C)C. The summed E-state index contributed by atoms with van der Waals surface area (Å²) in [6.07, 6.45) is 0.911. The fraction of sp³-hybridized carbons (Fsp3) is 0.316. The summed E-state index contributed by atoms with van der Waals surface area (Å²) in [5, 5.41) is 7.66. The standard InChI is InChI=1S/C19H25N3O5S/c1-13(2)9-10-27-17-8-7-14(11-18(17)26-3)19(23)21-15-5-4-6-16(12-15)22-28(20,24)25/h4-8,11-13,22H,9-10H2,1-3H3,(H,21,23)(H2,20,24,25). The van der Waals surface area contributed by atoms with Crippen molar-refractivity contribution in [1.29, 1.82) is 0 Å². The van der Waals surface area contributed by atoms with E-state index in [9.17, 15) is 13.2 Å². The second-order valence-electron chi connectivity index (χ2n) is 6.58. The van der Waals surface area contributed by atoms with Crippen molar-refractivity contribution in [2.75, 3.05) is 23.8 Å². The molecule has 0 saturated carbocycles.